The molecular weight excluding hydrogens is 398 g/mol. The summed E-state index contributed by atoms with van der Waals surface area (Å²) < 4.78 is 29.1. The van der Waals surface area contributed by atoms with Gasteiger partial charge in [0.2, 0.25) is 0 Å². The number of carboxylic acid groups (broad SMARTS) is 2. The van der Waals surface area contributed by atoms with Crippen molar-refractivity contribution in [3.05, 3.63) is 46.8 Å². The maximum absolute atomic E-state index is 14.0. The molecule has 0 radical (unpaired) electrons. The molecule has 6 nitrogen and oxygen atoms in total. The molecule has 1 aliphatic rings. The highest BCUT2D eigenvalue weighted by atomic mass is 33.1. The average molecular weight is 414 g/mol. The number of nitrogens with zero attached hydrogens (tertiary/aromatic N) is 2. The molecular formula is C17H16F2N2O4S2. The van der Waals surface area contributed by atoms with E-state index in [-0.39, 0.29) is 18.2 Å². The number of carboxylic acids is 2. The SMILES string of the molecule is O=C(O)CCSSc1ncc(C(=O)O)n1C1CCc2c(F)cc(F)cc2C1. The summed E-state index contributed by atoms with van der Waals surface area (Å²) in [5, 5.41) is 18.6. The van der Waals surface area contributed by atoms with E-state index in [1.807, 2.05) is 0 Å². The van der Waals surface area contributed by atoms with E-state index in [9.17, 15) is 23.5 Å². The summed E-state index contributed by atoms with van der Waals surface area (Å²) in [6.07, 6.45) is 2.41. The van der Waals surface area contributed by atoms with Crippen molar-refractivity contribution in [2.75, 3.05) is 5.75 Å². The molecule has 1 heterocycles. The Balaban J connectivity index is 1.85. The average Bonchev–Trinajstić information content (AvgIpc) is 3.02. The molecule has 2 aromatic rings. The number of benzene rings is 1. The predicted octanol–water partition coefficient (Wildman–Crippen LogP) is 3.80. The maximum Gasteiger partial charge on any atom is 0.354 e. The van der Waals surface area contributed by atoms with E-state index in [4.69, 9.17) is 5.11 Å². The number of rotatable bonds is 7. The van der Waals surface area contributed by atoms with Gasteiger partial charge >= 0.3 is 11.9 Å². The largest absolute Gasteiger partial charge is 0.481 e. The zero-order valence-electron chi connectivity index (χ0n) is 14.0. The van der Waals surface area contributed by atoms with Crippen molar-refractivity contribution in [2.45, 2.75) is 36.9 Å². The normalized spacial score (nSPS) is 16.1. The molecule has 1 aromatic carbocycles. The molecule has 0 fully saturated rings. The Labute approximate surface area is 161 Å². The molecule has 1 unspecified atom stereocenters. The van der Waals surface area contributed by atoms with Gasteiger partial charge in [0.25, 0.3) is 0 Å². The number of hydrogen-bond donors (Lipinski definition) is 2. The lowest BCUT2D eigenvalue weighted by Crippen LogP contribution is -2.23. The summed E-state index contributed by atoms with van der Waals surface area (Å²) in [7, 11) is 2.47. The molecule has 1 atom stereocenters. The standard InChI is InChI=1S/C17H16F2N2O4S2/c18-10-5-9-6-11(1-2-12(9)13(19)7-10)21-14(16(24)25)8-20-17(21)27-26-4-3-15(22)23/h5,7-8,11H,1-4,6H2,(H,22,23)(H,24,25). The number of aromatic nitrogens is 2. The first-order chi connectivity index (χ1) is 12.9. The minimum absolute atomic E-state index is 0.00154. The van der Waals surface area contributed by atoms with Crippen molar-refractivity contribution in [2.24, 2.45) is 0 Å². The van der Waals surface area contributed by atoms with Crippen molar-refractivity contribution < 1.29 is 28.6 Å². The fraction of sp³-hybridized carbons (Fsp3) is 0.353. The Morgan fingerprint density at radius 3 is 2.78 bits per heavy atom. The van der Waals surface area contributed by atoms with Crippen LogP contribution < -0.4 is 0 Å². The highest BCUT2D eigenvalue weighted by Gasteiger charge is 2.28. The van der Waals surface area contributed by atoms with Crippen LogP contribution in [0.3, 0.4) is 0 Å². The van der Waals surface area contributed by atoms with Crippen LogP contribution in [0, 0.1) is 11.6 Å². The molecule has 3 rings (SSSR count). The van der Waals surface area contributed by atoms with E-state index in [1.54, 1.807) is 4.57 Å². The van der Waals surface area contributed by atoms with E-state index >= 15 is 0 Å². The molecule has 1 aromatic heterocycles. The molecule has 0 spiro atoms. The summed E-state index contributed by atoms with van der Waals surface area (Å²) in [6.45, 7) is 0. The van der Waals surface area contributed by atoms with Crippen LogP contribution in [0.1, 0.15) is 40.5 Å². The van der Waals surface area contributed by atoms with Gasteiger partial charge in [0, 0.05) is 17.9 Å². The second kappa shape index (κ2) is 8.30. The molecule has 0 bridgehead atoms. The third kappa shape index (κ3) is 4.44. The Bertz CT molecular complexity index is 888. The fourth-order valence-electron chi connectivity index (χ4n) is 3.15. The van der Waals surface area contributed by atoms with Crippen molar-refractivity contribution >= 4 is 33.5 Å². The van der Waals surface area contributed by atoms with Gasteiger partial charge in [-0.1, -0.05) is 10.8 Å². The topological polar surface area (TPSA) is 92.4 Å². The van der Waals surface area contributed by atoms with Crippen LogP contribution in [-0.2, 0) is 17.6 Å². The Morgan fingerprint density at radius 2 is 2.07 bits per heavy atom. The van der Waals surface area contributed by atoms with Gasteiger partial charge in [-0.25, -0.2) is 18.6 Å². The monoisotopic (exact) mass is 414 g/mol. The Morgan fingerprint density at radius 1 is 1.30 bits per heavy atom. The van der Waals surface area contributed by atoms with Gasteiger partial charge in [0.05, 0.1) is 12.6 Å². The second-order valence-corrected chi connectivity index (χ2v) is 8.45. The summed E-state index contributed by atoms with van der Waals surface area (Å²) in [5.41, 5.74) is 1.000. The fourth-order valence-corrected chi connectivity index (χ4v) is 5.20. The molecule has 0 saturated heterocycles. The summed E-state index contributed by atoms with van der Waals surface area (Å²) in [4.78, 5) is 26.3. The number of carbonyl (C=O) groups is 2. The minimum Gasteiger partial charge on any atom is -0.481 e. The molecule has 10 heteroatoms. The first kappa shape index (κ1) is 19.7. The number of hydrogen-bond acceptors (Lipinski definition) is 5. The molecule has 0 aliphatic heterocycles. The van der Waals surface area contributed by atoms with Crippen LogP contribution in [0.2, 0.25) is 0 Å². The van der Waals surface area contributed by atoms with Crippen LogP contribution in [0.25, 0.3) is 0 Å². The van der Waals surface area contributed by atoms with Crippen molar-refractivity contribution in [1.29, 1.82) is 0 Å². The third-order valence-electron chi connectivity index (χ3n) is 4.32. The van der Waals surface area contributed by atoms with Crippen LogP contribution in [-0.4, -0.2) is 37.5 Å². The molecule has 2 N–H and O–H groups in total. The lowest BCUT2D eigenvalue weighted by molar-refractivity contribution is -0.136. The zero-order valence-corrected chi connectivity index (χ0v) is 15.7. The number of aromatic carboxylic acids is 1. The molecule has 0 saturated carbocycles. The zero-order chi connectivity index (χ0) is 19.6. The van der Waals surface area contributed by atoms with Crippen molar-refractivity contribution in [3.63, 3.8) is 0 Å². The first-order valence-corrected chi connectivity index (χ1v) is 10.5. The minimum atomic E-state index is -1.14. The van der Waals surface area contributed by atoms with E-state index in [1.165, 1.54) is 33.9 Å². The van der Waals surface area contributed by atoms with Gasteiger partial charge in [-0.05, 0) is 47.2 Å². The van der Waals surface area contributed by atoms with Gasteiger partial charge in [-0.2, -0.15) is 0 Å². The van der Waals surface area contributed by atoms with Crippen LogP contribution in [0.4, 0.5) is 8.78 Å². The lowest BCUT2D eigenvalue weighted by atomic mass is 9.87. The quantitative estimate of drug-likeness (QED) is 0.526. The number of halogens is 2. The Kier molecular flexibility index (Phi) is 6.05. The van der Waals surface area contributed by atoms with Gasteiger partial charge in [-0.15, -0.1) is 0 Å². The van der Waals surface area contributed by atoms with Crippen molar-refractivity contribution in [3.8, 4) is 0 Å². The van der Waals surface area contributed by atoms with Crippen molar-refractivity contribution in [1.82, 2.24) is 9.55 Å². The second-order valence-electron chi connectivity index (χ2n) is 6.07. The van der Waals surface area contributed by atoms with Crippen LogP contribution >= 0.6 is 21.6 Å². The number of imidazole rings is 1. The number of aliphatic carboxylic acids is 1. The molecule has 0 amide bonds. The highest BCUT2D eigenvalue weighted by molar-refractivity contribution is 8.76. The van der Waals surface area contributed by atoms with Gasteiger partial charge in [-0.3, -0.25) is 4.79 Å². The summed E-state index contributed by atoms with van der Waals surface area (Å²) in [5.74, 6) is -2.94. The Hall–Kier alpha value is -2.07. The van der Waals surface area contributed by atoms with Crippen LogP contribution in [0.15, 0.2) is 23.5 Å². The molecule has 144 valence electrons. The molecule has 27 heavy (non-hydrogen) atoms. The summed E-state index contributed by atoms with van der Waals surface area (Å²) in [6, 6.07) is 1.85. The lowest BCUT2D eigenvalue weighted by Gasteiger charge is -2.28. The maximum atomic E-state index is 14.0. The van der Waals surface area contributed by atoms with E-state index in [0.717, 1.165) is 6.07 Å². The van der Waals surface area contributed by atoms with E-state index < -0.39 is 23.6 Å². The summed E-state index contributed by atoms with van der Waals surface area (Å²) >= 11 is 0. The van der Waals surface area contributed by atoms with Gasteiger partial charge < -0.3 is 14.8 Å². The van der Waals surface area contributed by atoms with Gasteiger partial charge in [0.1, 0.15) is 17.3 Å². The van der Waals surface area contributed by atoms with E-state index in [2.05, 4.69) is 4.98 Å². The highest BCUT2D eigenvalue weighted by Crippen LogP contribution is 2.38. The predicted molar refractivity (Wildman–Crippen MR) is 97.2 cm³/mol. The van der Waals surface area contributed by atoms with Gasteiger partial charge in [0.15, 0.2) is 5.16 Å². The smallest absolute Gasteiger partial charge is 0.354 e. The van der Waals surface area contributed by atoms with Crippen LogP contribution in [0.5, 0.6) is 0 Å². The first-order valence-electron chi connectivity index (χ1n) is 8.15. The molecule has 1 aliphatic carbocycles. The number of fused-ring (bicyclic) bond motifs is 1. The third-order valence-corrected chi connectivity index (χ3v) is 6.56. The van der Waals surface area contributed by atoms with E-state index in [0.29, 0.717) is 41.3 Å².